The third-order valence-electron chi connectivity index (χ3n) is 2.49. The van der Waals surface area contributed by atoms with Gasteiger partial charge in [0.2, 0.25) is 10.0 Å². The molecule has 0 aliphatic heterocycles. The molecule has 0 unspecified atom stereocenters. The van der Waals surface area contributed by atoms with Gasteiger partial charge in [-0.25, -0.2) is 18.1 Å². The zero-order valence-electron chi connectivity index (χ0n) is 10.5. The van der Waals surface area contributed by atoms with Crippen LogP contribution >= 0.6 is 22.7 Å². The summed E-state index contributed by atoms with van der Waals surface area (Å²) < 4.78 is 26.9. The van der Waals surface area contributed by atoms with E-state index in [1.807, 2.05) is 6.92 Å². The average Bonchev–Trinajstić information content (AvgIpc) is 2.93. The molecule has 0 fully saturated rings. The van der Waals surface area contributed by atoms with Gasteiger partial charge in [0.25, 0.3) is 0 Å². The molecule has 0 bridgehead atoms. The summed E-state index contributed by atoms with van der Waals surface area (Å²) in [7, 11) is -3.54. The number of hydrogen-bond donors (Lipinski definition) is 2. The van der Waals surface area contributed by atoms with Gasteiger partial charge < -0.3 is 5.11 Å². The van der Waals surface area contributed by atoms with Gasteiger partial charge in [0.15, 0.2) is 0 Å². The van der Waals surface area contributed by atoms with E-state index in [1.54, 1.807) is 19.2 Å². The maximum absolute atomic E-state index is 12.1. The van der Waals surface area contributed by atoms with E-state index < -0.39 is 10.0 Å². The van der Waals surface area contributed by atoms with E-state index in [1.165, 1.54) is 11.3 Å². The molecule has 2 rings (SSSR count). The Bertz CT molecular complexity index is 673. The van der Waals surface area contributed by atoms with Crippen molar-refractivity contribution in [2.45, 2.75) is 31.2 Å². The van der Waals surface area contributed by atoms with Gasteiger partial charge in [0.05, 0.1) is 13.2 Å². The molecule has 19 heavy (non-hydrogen) atoms. The fourth-order valence-electron chi connectivity index (χ4n) is 1.49. The standard InChI is InChI=1S/C11H14N2O3S3/c1-7-3-11(18-9(7)6-14)19(15,16)13-5-10-12-4-8(2)17-10/h3-4,13-14H,5-6H2,1-2H3. The summed E-state index contributed by atoms with van der Waals surface area (Å²) in [5, 5.41) is 9.83. The molecule has 0 saturated carbocycles. The van der Waals surface area contributed by atoms with Crippen molar-refractivity contribution in [3.63, 3.8) is 0 Å². The summed E-state index contributed by atoms with van der Waals surface area (Å²) in [6, 6.07) is 1.58. The van der Waals surface area contributed by atoms with E-state index in [4.69, 9.17) is 5.11 Å². The van der Waals surface area contributed by atoms with Crippen LogP contribution in [0.4, 0.5) is 0 Å². The quantitative estimate of drug-likeness (QED) is 0.881. The van der Waals surface area contributed by atoms with Crippen molar-refractivity contribution in [3.8, 4) is 0 Å². The predicted octanol–water partition coefficient (Wildman–Crippen LogP) is 1.79. The van der Waals surface area contributed by atoms with Crippen LogP contribution in [0.15, 0.2) is 16.5 Å². The zero-order chi connectivity index (χ0) is 14.0. The number of aryl methyl sites for hydroxylation is 2. The van der Waals surface area contributed by atoms with Crippen LogP contribution in [0.25, 0.3) is 0 Å². The molecule has 0 aliphatic rings. The van der Waals surface area contributed by atoms with E-state index in [9.17, 15) is 8.42 Å². The van der Waals surface area contributed by atoms with Crippen molar-refractivity contribution in [2.24, 2.45) is 0 Å². The Morgan fingerprint density at radius 1 is 1.37 bits per heavy atom. The van der Waals surface area contributed by atoms with Gasteiger partial charge in [-0.2, -0.15) is 0 Å². The summed E-state index contributed by atoms with van der Waals surface area (Å²) >= 11 is 2.55. The molecule has 0 spiro atoms. The van der Waals surface area contributed by atoms with Gasteiger partial charge in [-0.1, -0.05) is 0 Å². The van der Waals surface area contributed by atoms with Crippen LogP contribution in [0.5, 0.6) is 0 Å². The fourth-order valence-corrected chi connectivity index (χ4v) is 4.79. The second kappa shape index (κ2) is 5.68. The van der Waals surface area contributed by atoms with E-state index in [2.05, 4.69) is 9.71 Å². The van der Waals surface area contributed by atoms with Gasteiger partial charge in [0.1, 0.15) is 9.22 Å². The van der Waals surface area contributed by atoms with Gasteiger partial charge in [-0.15, -0.1) is 22.7 Å². The first-order valence-corrected chi connectivity index (χ1v) is 8.65. The van der Waals surface area contributed by atoms with E-state index >= 15 is 0 Å². The Morgan fingerprint density at radius 3 is 2.63 bits per heavy atom. The topological polar surface area (TPSA) is 79.3 Å². The number of aliphatic hydroxyl groups is 1. The second-order valence-electron chi connectivity index (χ2n) is 4.02. The average molecular weight is 318 g/mol. The largest absolute Gasteiger partial charge is 0.391 e. The first-order chi connectivity index (χ1) is 8.92. The van der Waals surface area contributed by atoms with E-state index in [-0.39, 0.29) is 17.4 Å². The molecule has 104 valence electrons. The minimum atomic E-state index is -3.54. The minimum Gasteiger partial charge on any atom is -0.391 e. The van der Waals surface area contributed by atoms with Gasteiger partial charge in [0, 0.05) is 16.0 Å². The molecule has 5 nitrogen and oxygen atoms in total. The number of thiophene rings is 1. The molecule has 0 aromatic carbocycles. The van der Waals surface area contributed by atoms with Crippen LogP contribution in [0.2, 0.25) is 0 Å². The Morgan fingerprint density at radius 2 is 2.11 bits per heavy atom. The Kier molecular flexibility index (Phi) is 4.36. The van der Waals surface area contributed by atoms with Crippen LogP contribution in [0, 0.1) is 13.8 Å². The van der Waals surface area contributed by atoms with Crippen LogP contribution in [0.3, 0.4) is 0 Å². The van der Waals surface area contributed by atoms with E-state index in [0.717, 1.165) is 26.8 Å². The van der Waals surface area contributed by atoms with Crippen molar-refractivity contribution in [1.82, 2.24) is 9.71 Å². The number of thiazole rings is 1. The molecule has 0 aliphatic carbocycles. The molecular formula is C11H14N2O3S3. The number of aromatic nitrogens is 1. The monoisotopic (exact) mass is 318 g/mol. The predicted molar refractivity (Wildman–Crippen MR) is 75.9 cm³/mol. The Labute approximate surface area is 120 Å². The molecule has 0 amide bonds. The summed E-state index contributed by atoms with van der Waals surface area (Å²) in [5.41, 5.74) is 0.790. The number of rotatable bonds is 5. The lowest BCUT2D eigenvalue weighted by atomic mass is 10.3. The molecule has 8 heteroatoms. The summed E-state index contributed by atoms with van der Waals surface area (Å²) in [5.74, 6) is 0. The molecule has 0 atom stereocenters. The lowest BCUT2D eigenvalue weighted by Gasteiger charge is -2.01. The molecular weight excluding hydrogens is 304 g/mol. The number of nitrogens with zero attached hydrogens (tertiary/aromatic N) is 1. The third-order valence-corrected chi connectivity index (χ3v) is 6.50. The maximum Gasteiger partial charge on any atom is 0.250 e. The summed E-state index contributed by atoms with van der Waals surface area (Å²) in [6.45, 7) is 3.75. The number of nitrogens with one attached hydrogen (secondary N) is 1. The molecule has 2 heterocycles. The number of hydrogen-bond acceptors (Lipinski definition) is 6. The molecule has 0 saturated heterocycles. The van der Waals surface area contributed by atoms with Crippen molar-refractivity contribution < 1.29 is 13.5 Å². The first-order valence-electron chi connectivity index (χ1n) is 5.53. The van der Waals surface area contributed by atoms with Gasteiger partial charge >= 0.3 is 0 Å². The van der Waals surface area contributed by atoms with Gasteiger partial charge in [-0.05, 0) is 25.5 Å². The zero-order valence-corrected chi connectivity index (χ0v) is 13.0. The number of aliphatic hydroxyl groups excluding tert-OH is 1. The highest BCUT2D eigenvalue weighted by atomic mass is 32.2. The van der Waals surface area contributed by atoms with Crippen LogP contribution < -0.4 is 4.72 Å². The highest BCUT2D eigenvalue weighted by Gasteiger charge is 2.18. The maximum atomic E-state index is 12.1. The van der Waals surface area contributed by atoms with Crippen molar-refractivity contribution in [1.29, 1.82) is 0 Å². The molecule has 2 N–H and O–H groups in total. The molecule has 2 aromatic heterocycles. The smallest absolute Gasteiger partial charge is 0.250 e. The molecule has 2 aromatic rings. The van der Waals surface area contributed by atoms with Crippen molar-refractivity contribution in [2.75, 3.05) is 0 Å². The van der Waals surface area contributed by atoms with Crippen LogP contribution in [-0.2, 0) is 23.2 Å². The third kappa shape index (κ3) is 3.40. The SMILES string of the molecule is Cc1cnc(CNS(=O)(=O)c2cc(C)c(CO)s2)s1. The lowest BCUT2D eigenvalue weighted by molar-refractivity contribution is 0.285. The van der Waals surface area contributed by atoms with E-state index in [0.29, 0.717) is 4.88 Å². The van der Waals surface area contributed by atoms with Crippen molar-refractivity contribution >= 4 is 32.7 Å². The normalized spacial score (nSPS) is 11.9. The fraction of sp³-hybridized carbons (Fsp3) is 0.364. The van der Waals surface area contributed by atoms with Gasteiger partial charge in [-0.3, -0.25) is 0 Å². The summed E-state index contributed by atoms with van der Waals surface area (Å²) in [6.07, 6.45) is 1.72. The Hall–Kier alpha value is -0.800. The lowest BCUT2D eigenvalue weighted by Crippen LogP contribution is -2.22. The minimum absolute atomic E-state index is 0.141. The molecule has 0 radical (unpaired) electrons. The summed E-state index contributed by atoms with van der Waals surface area (Å²) in [4.78, 5) is 5.82. The first kappa shape index (κ1) is 14.6. The van der Waals surface area contributed by atoms with Crippen LogP contribution in [0.1, 0.15) is 20.3 Å². The second-order valence-corrected chi connectivity index (χ2v) is 8.47. The number of sulfonamides is 1. The van der Waals surface area contributed by atoms with Crippen LogP contribution in [-0.4, -0.2) is 18.5 Å². The highest BCUT2D eigenvalue weighted by Crippen LogP contribution is 2.26. The highest BCUT2D eigenvalue weighted by molar-refractivity contribution is 7.91. The Balaban J connectivity index is 2.13. The van der Waals surface area contributed by atoms with Crippen molar-refractivity contribution in [3.05, 3.63) is 32.6 Å².